The number of hydrogen-bond acceptors (Lipinski definition) is 2. The average Bonchev–Trinajstić information content (AvgIpc) is 2.52. The Kier molecular flexibility index (Phi) is 8.93. The second-order valence-electron chi connectivity index (χ2n) is 5.22. The zero-order valence-corrected chi connectivity index (χ0v) is 12.9. The standard InChI is InChI=1S/C17H26N3O/c1-2-3-4-5-6-7-12-19-17(18)20-13-15-8-10-16(14-21)11-9-15/h8-11H,2-7,12-13H2,1H3,(H3,18,19,20). The third-order valence-corrected chi connectivity index (χ3v) is 3.37. The van der Waals surface area contributed by atoms with E-state index in [1.807, 2.05) is 18.4 Å². The van der Waals surface area contributed by atoms with Crippen LogP contribution in [0.5, 0.6) is 0 Å². The molecule has 21 heavy (non-hydrogen) atoms. The third-order valence-electron chi connectivity index (χ3n) is 3.37. The van der Waals surface area contributed by atoms with E-state index in [1.165, 1.54) is 32.1 Å². The zero-order chi connectivity index (χ0) is 15.3. The number of benzene rings is 1. The lowest BCUT2D eigenvalue weighted by Crippen LogP contribution is -2.36. The first-order valence-electron chi connectivity index (χ1n) is 7.79. The van der Waals surface area contributed by atoms with Crippen molar-refractivity contribution in [1.82, 2.24) is 10.6 Å². The van der Waals surface area contributed by atoms with Gasteiger partial charge in [0.15, 0.2) is 5.96 Å². The molecule has 0 saturated carbocycles. The van der Waals surface area contributed by atoms with Crippen molar-refractivity contribution < 1.29 is 4.79 Å². The van der Waals surface area contributed by atoms with Gasteiger partial charge in [-0.05, 0) is 12.0 Å². The molecule has 1 aromatic rings. The van der Waals surface area contributed by atoms with Crippen LogP contribution in [0, 0.1) is 5.41 Å². The molecule has 1 rings (SSSR count). The summed E-state index contributed by atoms with van der Waals surface area (Å²) in [6, 6.07) is 7.21. The highest BCUT2D eigenvalue weighted by Crippen LogP contribution is 2.04. The Hall–Kier alpha value is -1.84. The van der Waals surface area contributed by atoms with Crippen LogP contribution < -0.4 is 10.6 Å². The molecule has 3 N–H and O–H groups in total. The molecule has 0 amide bonds. The van der Waals surface area contributed by atoms with E-state index in [4.69, 9.17) is 5.41 Å². The van der Waals surface area contributed by atoms with Gasteiger partial charge in [0.25, 0.3) is 0 Å². The van der Waals surface area contributed by atoms with Crippen LogP contribution in [0.3, 0.4) is 0 Å². The second kappa shape index (κ2) is 10.9. The van der Waals surface area contributed by atoms with Gasteiger partial charge < -0.3 is 10.6 Å². The molecule has 1 aromatic carbocycles. The number of rotatable bonds is 10. The Bertz CT molecular complexity index is 415. The van der Waals surface area contributed by atoms with Gasteiger partial charge in [-0.2, -0.15) is 0 Å². The molecular formula is C17H26N3O. The monoisotopic (exact) mass is 288 g/mol. The Balaban J connectivity index is 2.06. The van der Waals surface area contributed by atoms with Gasteiger partial charge in [0.1, 0.15) is 0 Å². The van der Waals surface area contributed by atoms with Crippen molar-refractivity contribution in [3.63, 3.8) is 0 Å². The lowest BCUT2D eigenvalue weighted by atomic mass is 10.1. The second-order valence-corrected chi connectivity index (χ2v) is 5.22. The highest BCUT2D eigenvalue weighted by Gasteiger charge is 1.97. The molecule has 1 radical (unpaired) electrons. The molecule has 0 unspecified atom stereocenters. The summed E-state index contributed by atoms with van der Waals surface area (Å²) in [4.78, 5) is 10.4. The minimum Gasteiger partial charge on any atom is -0.357 e. The molecule has 0 fully saturated rings. The molecule has 0 heterocycles. The van der Waals surface area contributed by atoms with Gasteiger partial charge >= 0.3 is 0 Å². The average molecular weight is 288 g/mol. The van der Waals surface area contributed by atoms with Gasteiger partial charge in [-0.1, -0.05) is 63.3 Å². The van der Waals surface area contributed by atoms with Crippen LogP contribution in [0.4, 0.5) is 0 Å². The zero-order valence-electron chi connectivity index (χ0n) is 12.9. The Morgan fingerprint density at radius 2 is 1.71 bits per heavy atom. The number of guanidine groups is 1. The summed E-state index contributed by atoms with van der Waals surface area (Å²) in [6.45, 7) is 3.65. The van der Waals surface area contributed by atoms with Gasteiger partial charge in [-0.3, -0.25) is 10.2 Å². The fraction of sp³-hybridized carbons (Fsp3) is 0.529. The van der Waals surface area contributed by atoms with Crippen LogP contribution in [0.2, 0.25) is 0 Å². The van der Waals surface area contributed by atoms with E-state index >= 15 is 0 Å². The van der Waals surface area contributed by atoms with Gasteiger partial charge in [-0.15, -0.1) is 0 Å². The SMILES string of the molecule is CCCCCCCCNC(=N)NCc1ccc([C]=O)cc1. The van der Waals surface area contributed by atoms with Crippen molar-refractivity contribution in [2.45, 2.75) is 52.0 Å². The van der Waals surface area contributed by atoms with Crippen LogP contribution in [0.25, 0.3) is 0 Å². The normalized spacial score (nSPS) is 10.1. The van der Waals surface area contributed by atoms with Crippen molar-refractivity contribution in [2.24, 2.45) is 0 Å². The molecule has 0 aliphatic rings. The fourth-order valence-electron chi connectivity index (χ4n) is 2.06. The molecular weight excluding hydrogens is 262 g/mol. The Morgan fingerprint density at radius 3 is 2.38 bits per heavy atom. The van der Waals surface area contributed by atoms with Gasteiger partial charge in [0.05, 0.1) is 0 Å². The van der Waals surface area contributed by atoms with E-state index < -0.39 is 0 Å². The summed E-state index contributed by atoms with van der Waals surface area (Å²) >= 11 is 0. The van der Waals surface area contributed by atoms with Crippen molar-refractivity contribution in [3.8, 4) is 0 Å². The van der Waals surface area contributed by atoms with Crippen molar-refractivity contribution in [2.75, 3.05) is 6.54 Å². The molecule has 115 valence electrons. The molecule has 4 nitrogen and oxygen atoms in total. The highest BCUT2D eigenvalue weighted by molar-refractivity contribution is 5.76. The van der Waals surface area contributed by atoms with E-state index in [2.05, 4.69) is 17.6 Å². The quantitative estimate of drug-likeness (QED) is 0.352. The maximum absolute atomic E-state index is 10.4. The van der Waals surface area contributed by atoms with Crippen LogP contribution in [0.1, 0.15) is 56.6 Å². The molecule has 0 bridgehead atoms. The largest absolute Gasteiger partial charge is 0.357 e. The van der Waals surface area contributed by atoms with Crippen LogP contribution in [-0.2, 0) is 11.3 Å². The number of unbranched alkanes of at least 4 members (excludes halogenated alkanes) is 5. The van der Waals surface area contributed by atoms with Gasteiger partial charge in [0.2, 0.25) is 6.29 Å². The van der Waals surface area contributed by atoms with Gasteiger partial charge in [-0.25, -0.2) is 0 Å². The first kappa shape index (κ1) is 17.2. The molecule has 4 heteroatoms. The van der Waals surface area contributed by atoms with Crippen molar-refractivity contribution in [1.29, 1.82) is 5.41 Å². The highest BCUT2D eigenvalue weighted by atomic mass is 16.1. The predicted octanol–water partition coefficient (Wildman–Crippen LogP) is 3.12. The predicted molar refractivity (Wildman–Crippen MR) is 87.2 cm³/mol. The van der Waals surface area contributed by atoms with Gasteiger partial charge in [0, 0.05) is 18.7 Å². The summed E-state index contributed by atoms with van der Waals surface area (Å²) in [7, 11) is 0. The Labute approximate surface area is 127 Å². The molecule has 0 aliphatic heterocycles. The van der Waals surface area contributed by atoms with Crippen molar-refractivity contribution >= 4 is 12.2 Å². The minimum atomic E-state index is 0.356. The van der Waals surface area contributed by atoms with E-state index in [0.717, 1.165) is 18.5 Å². The fourth-order valence-corrected chi connectivity index (χ4v) is 2.06. The summed E-state index contributed by atoms with van der Waals surface area (Å²) in [5.41, 5.74) is 1.59. The maximum atomic E-state index is 10.4. The molecule has 0 spiro atoms. The molecule has 0 aliphatic carbocycles. The lowest BCUT2D eigenvalue weighted by Gasteiger charge is -2.10. The van der Waals surface area contributed by atoms with Crippen molar-refractivity contribution in [3.05, 3.63) is 35.4 Å². The maximum Gasteiger partial charge on any atom is 0.233 e. The number of carbonyl (C=O) groups excluding carboxylic acids is 1. The lowest BCUT2D eigenvalue weighted by molar-refractivity contribution is 0.562. The third kappa shape index (κ3) is 8.12. The first-order valence-corrected chi connectivity index (χ1v) is 7.79. The molecule has 0 saturated heterocycles. The molecule has 0 atom stereocenters. The summed E-state index contributed by atoms with van der Waals surface area (Å²) in [5, 5.41) is 13.9. The van der Waals surface area contributed by atoms with E-state index in [0.29, 0.717) is 18.1 Å². The van der Waals surface area contributed by atoms with E-state index in [9.17, 15) is 4.79 Å². The number of hydrogen-bond donors (Lipinski definition) is 3. The van der Waals surface area contributed by atoms with Crippen LogP contribution >= 0.6 is 0 Å². The summed E-state index contributed by atoms with van der Waals surface area (Å²) in [5.74, 6) is 0.356. The smallest absolute Gasteiger partial charge is 0.233 e. The number of nitrogens with one attached hydrogen (secondary N) is 3. The van der Waals surface area contributed by atoms with E-state index in [-0.39, 0.29) is 0 Å². The van der Waals surface area contributed by atoms with Crippen LogP contribution in [0.15, 0.2) is 24.3 Å². The first-order chi connectivity index (χ1) is 10.3. The summed E-state index contributed by atoms with van der Waals surface area (Å²) in [6.07, 6.45) is 9.39. The molecule has 0 aromatic heterocycles. The Morgan fingerprint density at radius 1 is 1.05 bits per heavy atom. The van der Waals surface area contributed by atoms with E-state index in [1.54, 1.807) is 12.1 Å². The minimum absolute atomic E-state index is 0.356. The summed E-state index contributed by atoms with van der Waals surface area (Å²) < 4.78 is 0. The topological polar surface area (TPSA) is 65.0 Å². The van der Waals surface area contributed by atoms with Crippen LogP contribution in [-0.4, -0.2) is 18.8 Å².